The number of hydrogen-bond acceptors (Lipinski definition) is 6. The van der Waals surface area contributed by atoms with Crippen LogP contribution >= 0.6 is 0 Å². The highest BCUT2D eigenvalue weighted by atomic mass is 19.4. The van der Waals surface area contributed by atoms with Crippen molar-refractivity contribution in [1.29, 1.82) is 0 Å². The van der Waals surface area contributed by atoms with Gasteiger partial charge in [0.05, 0.1) is 11.7 Å². The number of aliphatic hydroxyl groups excluding tert-OH is 1. The van der Waals surface area contributed by atoms with Gasteiger partial charge in [-0.2, -0.15) is 13.2 Å². The molecule has 2 N–H and O–H groups in total. The zero-order chi connectivity index (χ0) is 23.7. The van der Waals surface area contributed by atoms with Crippen molar-refractivity contribution in [2.75, 3.05) is 29.9 Å². The van der Waals surface area contributed by atoms with Crippen LogP contribution in [0.1, 0.15) is 23.1 Å². The molecule has 0 radical (unpaired) electrons. The lowest BCUT2D eigenvalue weighted by Crippen LogP contribution is -2.55. The molecule has 1 aromatic heterocycles. The molecule has 0 spiro atoms. The van der Waals surface area contributed by atoms with Crippen molar-refractivity contribution in [3.63, 3.8) is 0 Å². The van der Waals surface area contributed by atoms with Gasteiger partial charge in [-0.15, -0.1) is 0 Å². The predicted octanol–water partition coefficient (Wildman–Crippen LogP) is 4.24. The minimum atomic E-state index is -4.41. The molecule has 3 aromatic rings. The maximum atomic E-state index is 13.0. The first-order chi connectivity index (χ1) is 16.4. The van der Waals surface area contributed by atoms with Crippen LogP contribution in [0.15, 0.2) is 60.9 Å². The lowest BCUT2D eigenvalue weighted by Gasteiger charge is -2.43. The van der Waals surface area contributed by atoms with E-state index < -0.39 is 17.8 Å². The zero-order valence-corrected chi connectivity index (χ0v) is 18.5. The van der Waals surface area contributed by atoms with E-state index in [9.17, 15) is 18.3 Å². The first-order valence-electron chi connectivity index (χ1n) is 11.4. The van der Waals surface area contributed by atoms with Gasteiger partial charge in [0, 0.05) is 44.0 Å². The van der Waals surface area contributed by atoms with E-state index in [4.69, 9.17) is 0 Å². The molecule has 1 unspecified atom stereocenters. The summed E-state index contributed by atoms with van der Waals surface area (Å²) in [5, 5.41) is 13.9. The number of hydrogen-bond donors (Lipinski definition) is 2. The monoisotopic (exact) mass is 469 g/mol. The number of aromatic nitrogens is 2. The fourth-order valence-corrected chi connectivity index (χ4v) is 4.86. The van der Waals surface area contributed by atoms with Gasteiger partial charge in [-0.25, -0.2) is 9.97 Å². The second kappa shape index (κ2) is 9.23. The molecule has 5 rings (SSSR count). The molecule has 2 aromatic carbocycles. The van der Waals surface area contributed by atoms with E-state index in [1.807, 2.05) is 4.90 Å². The number of nitrogens with one attached hydrogen (secondary N) is 1. The van der Waals surface area contributed by atoms with Crippen molar-refractivity contribution < 1.29 is 18.3 Å². The Labute approximate surface area is 196 Å². The third-order valence-electron chi connectivity index (χ3n) is 6.61. The Morgan fingerprint density at radius 3 is 2.59 bits per heavy atom. The van der Waals surface area contributed by atoms with Crippen LogP contribution in [0.5, 0.6) is 0 Å². The number of piperidine rings is 1. The normalized spacial score (nSPS) is 21.2. The molecular formula is C25H26F3N5O. The summed E-state index contributed by atoms with van der Waals surface area (Å²) in [5.74, 6) is 1.03. The highest BCUT2D eigenvalue weighted by molar-refractivity contribution is 5.60. The molecule has 6 nitrogen and oxygen atoms in total. The summed E-state index contributed by atoms with van der Waals surface area (Å²) in [7, 11) is 0. The molecule has 2 aliphatic rings. The van der Waals surface area contributed by atoms with Gasteiger partial charge in [0.2, 0.25) is 0 Å². The Morgan fingerprint density at radius 1 is 0.971 bits per heavy atom. The largest absolute Gasteiger partial charge is 0.416 e. The van der Waals surface area contributed by atoms with E-state index >= 15 is 0 Å². The third-order valence-corrected chi connectivity index (χ3v) is 6.61. The fourth-order valence-electron chi connectivity index (χ4n) is 4.86. The minimum Gasteiger partial charge on any atom is -0.390 e. The molecule has 0 saturated carbocycles. The van der Waals surface area contributed by atoms with Crippen LogP contribution in [-0.4, -0.2) is 51.8 Å². The highest BCUT2D eigenvalue weighted by Gasteiger charge is 2.34. The number of fused-ring (bicyclic) bond motifs is 1. The molecule has 3 heterocycles. The number of β-amino-alcohol motifs (C(OH)–C–C–N with tert-alkyl or cyclic N) is 1. The predicted molar refractivity (Wildman–Crippen MR) is 124 cm³/mol. The summed E-state index contributed by atoms with van der Waals surface area (Å²) in [6, 6.07) is 15.2. The minimum absolute atomic E-state index is 0.0779. The fraction of sp³-hybridized carbons (Fsp3) is 0.360. The van der Waals surface area contributed by atoms with E-state index in [2.05, 4.69) is 44.5 Å². The van der Waals surface area contributed by atoms with Crippen molar-refractivity contribution in [3.05, 3.63) is 77.6 Å². The Kier molecular flexibility index (Phi) is 6.14. The van der Waals surface area contributed by atoms with Crippen LogP contribution in [0.4, 0.5) is 30.5 Å². The van der Waals surface area contributed by atoms with Crippen LogP contribution in [0.2, 0.25) is 0 Å². The van der Waals surface area contributed by atoms with Gasteiger partial charge >= 0.3 is 6.18 Å². The molecule has 0 amide bonds. The standard InChI is InChI=1S/C25H26F3N5O/c26-25(27,28)19-6-3-7-20(12-19)31-23-13-24(30-16-29-23)33-11-9-21(22(34)15-33)32-10-8-17-4-1-2-5-18(17)14-32/h1-7,12-13,16,21-22,34H,8-11,14-15H2,(H,29,30,31)/t21?,22-/m0/s1. The van der Waals surface area contributed by atoms with Crippen LogP contribution in [0, 0.1) is 0 Å². The average molecular weight is 470 g/mol. The summed E-state index contributed by atoms with van der Waals surface area (Å²) in [4.78, 5) is 12.8. The Hall–Kier alpha value is -3.17. The Bertz CT molecular complexity index is 1160. The van der Waals surface area contributed by atoms with Gasteiger partial charge in [-0.1, -0.05) is 30.3 Å². The number of anilines is 3. The summed E-state index contributed by atoms with van der Waals surface area (Å²) in [5.41, 5.74) is 2.28. The van der Waals surface area contributed by atoms with E-state index in [0.717, 1.165) is 44.6 Å². The van der Waals surface area contributed by atoms with Gasteiger partial charge < -0.3 is 15.3 Å². The van der Waals surface area contributed by atoms with E-state index in [-0.39, 0.29) is 6.04 Å². The maximum absolute atomic E-state index is 13.0. The topological polar surface area (TPSA) is 64.5 Å². The number of benzene rings is 2. The first kappa shape index (κ1) is 22.6. The van der Waals surface area contributed by atoms with Gasteiger partial charge in [0.25, 0.3) is 0 Å². The summed E-state index contributed by atoms with van der Waals surface area (Å²) >= 11 is 0. The van der Waals surface area contributed by atoms with Gasteiger partial charge in [0.15, 0.2) is 0 Å². The van der Waals surface area contributed by atoms with Gasteiger partial charge in [0.1, 0.15) is 18.0 Å². The molecule has 1 fully saturated rings. The quantitative estimate of drug-likeness (QED) is 0.596. The molecule has 9 heteroatoms. The summed E-state index contributed by atoms with van der Waals surface area (Å²) in [6.07, 6.45) is -1.78. The van der Waals surface area contributed by atoms with E-state index in [0.29, 0.717) is 23.9 Å². The summed E-state index contributed by atoms with van der Waals surface area (Å²) < 4.78 is 39.0. The van der Waals surface area contributed by atoms with Crippen LogP contribution in [0.3, 0.4) is 0 Å². The first-order valence-corrected chi connectivity index (χ1v) is 11.4. The number of alkyl halides is 3. The Morgan fingerprint density at radius 2 is 1.79 bits per heavy atom. The molecule has 0 bridgehead atoms. The third kappa shape index (κ3) is 4.85. The molecular weight excluding hydrogens is 443 g/mol. The van der Waals surface area contributed by atoms with Gasteiger partial charge in [-0.3, -0.25) is 4.90 Å². The van der Waals surface area contributed by atoms with Crippen molar-refractivity contribution in [1.82, 2.24) is 14.9 Å². The molecule has 34 heavy (non-hydrogen) atoms. The van der Waals surface area contributed by atoms with Crippen LogP contribution < -0.4 is 10.2 Å². The number of rotatable bonds is 4. The zero-order valence-electron chi connectivity index (χ0n) is 18.5. The van der Waals surface area contributed by atoms with Crippen molar-refractivity contribution in [3.8, 4) is 0 Å². The second-order valence-electron chi connectivity index (χ2n) is 8.82. The lowest BCUT2D eigenvalue weighted by molar-refractivity contribution is -0.137. The molecule has 0 aliphatic carbocycles. The van der Waals surface area contributed by atoms with Crippen molar-refractivity contribution in [2.45, 2.75) is 37.7 Å². The van der Waals surface area contributed by atoms with Crippen molar-refractivity contribution in [2.24, 2.45) is 0 Å². The lowest BCUT2D eigenvalue weighted by atomic mass is 9.94. The molecule has 2 atom stereocenters. The number of halogens is 3. The maximum Gasteiger partial charge on any atom is 0.416 e. The molecule has 1 saturated heterocycles. The molecule has 2 aliphatic heterocycles. The second-order valence-corrected chi connectivity index (χ2v) is 8.82. The SMILES string of the molecule is O[C@H]1CN(c2cc(Nc3cccc(C(F)(F)F)c3)ncn2)CCC1N1CCc2ccccc2C1. The van der Waals surface area contributed by atoms with E-state index in [1.54, 1.807) is 12.1 Å². The van der Waals surface area contributed by atoms with Gasteiger partial charge in [-0.05, 0) is 42.2 Å². The van der Waals surface area contributed by atoms with Crippen LogP contribution in [0.25, 0.3) is 0 Å². The summed E-state index contributed by atoms with van der Waals surface area (Å²) in [6.45, 7) is 2.93. The highest BCUT2D eigenvalue weighted by Crippen LogP contribution is 2.32. The average Bonchev–Trinajstić information content (AvgIpc) is 2.83. The number of nitrogens with zero attached hydrogens (tertiary/aromatic N) is 4. The number of aliphatic hydroxyl groups is 1. The van der Waals surface area contributed by atoms with E-state index in [1.165, 1.54) is 23.5 Å². The Balaban J connectivity index is 1.24. The molecule has 178 valence electrons. The van der Waals surface area contributed by atoms with Crippen molar-refractivity contribution >= 4 is 17.3 Å². The smallest absolute Gasteiger partial charge is 0.390 e. The van der Waals surface area contributed by atoms with Crippen LogP contribution in [-0.2, 0) is 19.1 Å².